The van der Waals surface area contributed by atoms with Gasteiger partial charge in [-0.3, -0.25) is 0 Å². The van der Waals surface area contributed by atoms with Crippen molar-refractivity contribution in [3.8, 4) is 0 Å². The Morgan fingerprint density at radius 2 is 2.00 bits per heavy atom. The average molecular weight is 226 g/mol. The first-order valence-electron chi connectivity index (χ1n) is 6.27. The summed E-state index contributed by atoms with van der Waals surface area (Å²) in [4.78, 5) is 0. The summed E-state index contributed by atoms with van der Waals surface area (Å²) in [6.45, 7) is 6.79. The van der Waals surface area contributed by atoms with Crippen LogP contribution in [0.2, 0.25) is 0 Å². The minimum absolute atomic E-state index is 0.224. The SMILES string of the molecule is C=COCC1(COCC2CO2)CCCCC1. The van der Waals surface area contributed by atoms with Crippen LogP contribution in [0.15, 0.2) is 12.8 Å². The lowest BCUT2D eigenvalue weighted by Gasteiger charge is -2.36. The van der Waals surface area contributed by atoms with Gasteiger partial charge in [-0.1, -0.05) is 25.8 Å². The number of rotatable bonds is 7. The Balaban J connectivity index is 1.76. The van der Waals surface area contributed by atoms with Crippen molar-refractivity contribution in [1.82, 2.24) is 0 Å². The van der Waals surface area contributed by atoms with E-state index in [2.05, 4.69) is 6.58 Å². The standard InChI is InChI=1S/C13H22O3/c1-2-14-10-13(6-4-3-5-7-13)11-15-8-12-9-16-12/h2,12H,1,3-11H2. The molecule has 0 aromatic carbocycles. The summed E-state index contributed by atoms with van der Waals surface area (Å²) in [6, 6.07) is 0. The van der Waals surface area contributed by atoms with Gasteiger partial charge in [-0.15, -0.1) is 0 Å². The largest absolute Gasteiger partial charge is 0.501 e. The molecule has 0 bridgehead atoms. The van der Waals surface area contributed by atoms with E-state index >= 15 is 0 Å². The summed E-state index contributed by atoms with van der Waals surface area (Å²) < 4.78 is 16.3. The minimum atomic E-state index is 0.224. The van der Waals surface area contributed by atoms with Gasteiger partial charge in [0.2, 0.25) is 0 Å². The quantitative estimate of drug-likeness (QED) is 0.493. The third-order valence-electron chi connectivity index (χ3n) is 3.54. The molecule has 1 atom stereocenters. The Bertz CT molecular complexity index is 217. The van der Waals surface area contributed by atoms with Crippen LogP contribution < -0.4 is 0 Å². The van der Waals surface area contributed by atoms with Crippen LogP contribution in [0.4, 0.5) is 0 Å². The van der Waals surface area contributed by atoms with E-state index in [0.29, 0.717) is 6.10 Å². The molecular weight excluding hydrogens is 204 g/mol. The summed E-state index contributed by atoms with van der Waals surface area (Å²) in [5.41, 5.74) is 0.224. The van der Waals surface area contributed by atoms with Crippen molar-refractivity contribution in [3.63, 3.8) is 0 Å². The third-order valence-corrected chi connectivity index (χ3v) is 3.54. The monoisotopic (exact) mass is 226 g/mol. The topological polar surface area (TPSA) is 31.0 Å². The van der Waals surface area contributed by atoms with E-state index in [1.165, 1.54) is 32.1 Å². The van der Waals surface area contributed by atoms with E-state index < -0.39 is 0 Å². The van der Waals surface area contributed by atoms with Crippen LogP contribution in [0.25, 0.3) is 0 Å². The molecule has 0 aromatic rings. The normalized spacial score (nSPS) is 27.4. The fourth-order valence-electron chi connectivity index (χ4n) is 2.44. The van der Waals surface area contributed by atoms with Crippen molar-refractivity contribution in [2.24, 2.45) is 5.41 Å². The molecule has 16 heavy (non-hydrogen) atoms. The summed E-state index contributed by atoms with van der Waals surface area (Å²) in [7, 11) is 0. The van der Waals surface area contributed by atoms with Crippen molar-refractivity contribution in [2.75, 3.05) is 26.4 Å². The number of hydrogen-bond donors (Lipinski definition) is 0. The summed E-state index contributed by atoms with van der Waals surface area (Å²) >= 11 is 0. The fraction of sp³-hybridized carbons (Fsp3) is 0.846. The van der Waals surface area contributed by atoms with Crippen LogP contribution in [0, 0.1) is 5.41 Å². The van der Waals surface area contributed by atoms with Crippen LogP contribution in [-0.2, 0) is 14.2 Å². The lowest BCUT2D eigenvalue weighted by Crippen LogP contribution is -2.34. The first-order chi connectivity index (χ1) is 7.85. The number of hydrogen-bond acceptors (Lipinski definition) is 3. The van der Waals surface area contributed by atoms with Crippen molar-refractivity contribution < 1.29 is 14.2 Å². The Labute approximate surface area is 97.8 Å². The molecule has 0 radical (unpaired) electrons. The molecule has 2 fully saturated rings. The zero-order chi connectivity index (χ0) is 11.3. The van der Waals surface area contributed by atoms with Gasteiger partial charge < -0.3 is 14.2 Å². The predicted molar refractivity (Wildman–Crippen MR) is 62.2 cm³/mol. The molecule has 1 saturated heterocycles. The van der Waals surface area contributed by atoms with E-state index in [-0.39, 0.29) is 5.41 Å². The summed E-state index contributed by atoms with van der Waals surface area (Å²) in [5.74, 6) is 0. The molecule has 0 N–H and O–H groups in total. The Kier molecular flexibility index (Phi) is 4.24. The van der Waals surface area contributed by atoms with Crippen LogP contribution in [0.5, 0.6) is 0 Å². The smallest absolute Gasteiger partial charge is 0.104 e. The van der Waals surface area contributed by atoms with Gasteiger partial charge in [0.15, 0.2) is 0 Å². The molecule has 3 nitrogen and oxygen atoms in total. The van der Waals surface area contributed by atoms with Crippen LogP contribution in [0.1, 0.15) is 32.1 Å². The van der Waals surface area contributed by atoms with Gasteiger partial charge in [0.05, 0.1) is 32.7 Å². The lowest BCUT2D eigenvalue weighted by molar-refractivity contribution is -0.0236. The second-order valence-electron chi connectivity index (χ2n) is 5.01. The molecule has 0 aromatic heterocycles. The van der Waals surface area contributed by atoms with E-state index in [4.69, 9.17) is 14.2 Å². The highest BCUT2D eigenvalue weighted by atomic mass is 16.6. The van der Waals surface area contributed by atoms with Crippen molar-refractivity contribution in [2.45, 2.75) is 38.2 Å². The van der Waals surface area contributed by atoms with Gasteiger partial charge in [0, 0.05) is 5.41 Å². The lowest BCUT2D eigenvalue weighted by atomic mass is 9.75. The Morgan fingerprint density at radius 1 is 1.25 bits per heavy atom. The molecular formula is C13H22O3. The maximum absolute atomic E-state index is 5.76. The van der Waals surface area contributed by atoms with E-state index in [0.717, 1.165) is 26.4 Å². The van der Waals surface area contributed by atoms with Gasteiger partial charge in [-0.05, 0) is 12.8 Å². The molecule has 0 amide bonds. The Morgan fingerprint density at radius 3 is 2.62 bits per heavy atom. The van der Waals surface area contributed by atoms with Gasteiger partial charge in [-0.25, -0.2) is 0 Å². The highest BCUT2D eigenvalue weighted by molar-refractivity contribution is 4.83. The first-order valence-corrected chi connectivity index (χ1v) is 6.27. The Hall–Kier alpha value is -0.540. The molecule has 0 spiro atoms. The maximum Gasteiger partial charge on any atom is 0.104 e. The van der Waals surface area contributed by atoms with Crippen molar-refractivity contribution in [1.29, 1.82) is 0 Å². The molecule has 1 aliphatic carbocycles. The minimum Gasteiger partial charge on any atom is -0.501 e. The van der Waals surface area contributed by atoms with Crippen LogP contribution >= 0.6 is 0 Å². The highest BCUT2D eigenvalue weighted by Crippen LogP contribution is 2.37. The zero-order valence-corrected chi connectivity index (χ0v) is 9.95. The van der Waals surface area contributed by atoms with E-state index in [9.17, 15) is 0 Å². The maximum atomic E-state index is 5.76. The molecule has 2 rings (SSSR count). The average Bonchev–Trinajstić information content (AvgIpc) is 3.12. The van der Waals surface area contributed by atoms with Gasteiger partial charge in [0.25, 0.3) is 0 Å². The number of ether oxygens (including phenoxy) is 3. The van der Waals surface area contributed by atoms with E-state index in [1.54, 1.807) is 6.26 Å². The second-order valence-corrected chi connectivity index (χ2v) is 5.01. The van der Waals surface area contributed by atoms with E-state index in [1.807, 2.05) is 0 Å². The molecule has 1 heterocycles. The van der Waals surface area contributed by atoms with Crippen LogP contribution in [0.3, 0.4) is 0 Å². The molecule has 1 aliphatic heterocycles. The fourth-order valence-corrected chi connectivity index (χ4v) is 2.44. The van der Waals surface area contributed by atoms with Gasteiger partial charge in [-0.2, -0.15) is 0 Å². The van der Waals surface area contributed by atoms with Gasteiger partial charge >= 0.3 is 0 Å². The molecule has 1 unspecified atom stereocenters. The van der Waals surface area contributed by atoms with Crippen molar-refractivity contribution >= 4 is 0 Å². The summed E-state index contributed by atoms with van der Waals surface area (Å²) in [5, 5.41) is 0. The molecule has 2 aliphatic rings. The highest BCUT2D eigenvalue weighted by Gasteiger charge is 2.34. The third kappa shape index (κ3) is 3.49. The summed E-state index contributed by atoms with van der Waals surface area (Å²) in [6.07, 6.45) is 8.27. The van der Waals surface area contributed by atoms with Gasteiger partial charge in [0.1, 0.15) is 6.10 Å². The molecule has 1 saturated carbocycles. The zero-order valence-electron chi connectivity index (χ0n) is 9.95. The molecule has 92 valence electrons. The van der Waals surface area contributed by atoms with Crippen molar-refractivity contribution in [3.05, 3.63) is 12.8 Å². The second kappa shape index (κ2) is 5.69. The predicted octanol–water partition coefficient (Wildman–Crippen LogP) is 2.51. The number of epoxide rings is 1. The first kappa shape index (κ1) is 11.9. The van der Waals surface area contributed by atoms with Crippen LogP contribution in [-0.4, -0.2) is 32.5 Å². The molecule has 3 heteroatoms.